The predicted octanol–water partition coefficient (Wildman–Crippen LogP) is 0.641. The van der Waals surface area contributed by atoms with Crippen LogP contribution in [0.5, 0.6) is 0 Å². The number of amides is 1. The molecule has 1 aromatic heterocycles. The van der Waals surface area contributed by atoms with Crippen molar-refractivity contribution in [1.29, 1.82) is 0 Å². The van der Waals surface area contributed by atoms with Gasteiger partial charge < -0.3 is 20.3 Å². The van der Waals surface area contributed by atoms with Gasteiger partial charge in [0.15, 0.2) is 0 Å². The molecule has 122 valence electrons. The smallest absolute Gasteiger partial charge is 0.252 e. The number of benzene rings is 1. The predicted molar refractivity (Wildman–Crippen MR) is 85.1 cm³/mol. The number of nitrogens with one attached hydrogen (secondary N) is 1. The third-order valence-electron chi connectivity index (χ3n) is 4.11. The van der Waals surface area contributed by atoms with E-state index in [1.807, 2.05) is 31.2 Å². The van der Waals surface area contributed by atoms with Crippen LogP contribution in [0.25, 0.3) is 10.9 Å². The van der Waals surface area contributed by atoms with Gasteiger partial charge in [0.25, 0.3) is 5.91 Å². The zero-order valence-electron chi connectivity index (χ0n) is 12.9. The highest BCUT2D eigenvalue weighted by Crippen LogP contribution is 2.19. The van der Waals surface area contributed by atoms with E-state index in [4.69, 9.17) is 4.74 Å². The molecular weight excluding hydrogens is 296 g/mol. The lowest BCUT2D eigenvalue weighted by Gasteiger charge is -2.31. The molecule has 1 saturated heterocycles. The summed E-state index contributed by atoms with van der Waals surface area (Å²) in [5, 5.41) is 23.2. The molecule has 0 aliphatic carbocycles. The molecule has 2 heterocycles. The Morgan fingerprint density at radius 3 is 2.96 bits per heavy atom. The number of carbonyl (C=O) groups is 1. The maximum Gasteiger partial charge on any atom is 0.252 e. The molecule has 0 bridgehead atoms. The number of aromatic nitrogens is 1. The first kappa shape index (κ1) is 15.9. The van der Waals surface area contributed by atoms with E-state index in [1.54, 1.807) is 6.07 Å². The number of carbonyl (C=O) groups excluding carboxylic acids is 1. The van der Waals surface area contributed by atoms with E-state index < -0.39 is 12.2 Å². The minimum atomic E-state index is -0.908. The Bertz CT molecular complexity index is 719. The highest BCUT2D eigenvalue weighted by molar-refractivity contribution is 6.06. The van der Waals surface area contributed by atoms with Crippen LogP contribution in [0.1, 0.15) is 16.1 Å². The zero-order chi connectivity index (χ0) is 16.4. The Labute approximate surface area is 134 Å². The summed E-state index contributed by atoms with van der Waals surface area (Å²) in [7, 11) is 0. The summed E-state index contributed by atoms with van der Waals surface area (Å²) in [5.74, 6) is -0.545. The van der Waals surface area contributed by atoms with Crippen molar-refractivity contribution in [2.24, 2.45) is 5.92 Å². The summed E-state index contributed by atoms with van der Waals surface area (Å²) in [5.41, 5.74) is 2.10. The van der Waals surface area contributed by atoms with Crippen LogP contribution in [-0.4, -0.2) is 53.1 Å². The number of fused-ring (bicyclic) bond motifs is 1. The number of para-hydroxylation sites is 1. The Kier molecular flexibility index (Phi) is 4.56. The number of hydrogen-bond donors (Lipinski definition) is 3. The SMILES string of the molecule is Cc1cc(C(=O)NC[C@@H]2COC[C@@H](O)[C@H]2O)c2ccccc2n1. The lowest BCUT2D eigenvalue weighted by molar-refractivity contribution is -0.118. The van der Waals surface area contributed by atoms with E-state index >= 15 is 0 Å². The van der Waals surface area contributed by atoms with Crippen molar-refractivity contribution in [3.05, 3.63) is 41.6 Å². The minimum absolute atomic E-state index is 0.125. The van der Waals surface area contributed by atoms with Crippen LogP contribution in [0.2, 0.25) is 0 Å². The van der Waals surface area contributed by atoms with E-state index in [2.05, 4.69) is 10.3 Å². The largest absolute Gasteiger partial charge is 0.390 e. The average Bonchev–Trinajstić information content (AvgIpc) is 2.55. The molecule has 3 atom stereocenters. The van der Waals surface area contributed by atoms with Crippen molar-refractivity contribution in [2.75, 3.05) is 19.8 Å². The van der Waals surface area contributed by atoms with Gasteiger partial charge in [-0.3, -0.25) is 9.78 Å². The number of aryl methyl sites for hydroxylation is 1. The number of hydrogen-bond acceptors (Lipinski definition) is 5. The molecular formula is C17H20N2O4. The number of aliphatic hydroxyl groups is 2. The molecule has 6 nitrogen and oxygen atoms in total. The van der Waals surface area contributed by atoms with Crippen LogP contribution in [0, 0.1) is 12.8 Å². The molecule has 23 heavy (non-hydrogen) atoms. The van der Waals surface area contributed by atoms with Crippen LogP contribution < -0.4 is 5.32 Å². The van der Waals surface area contributed by atoms with E-state index in [0.717, 1.165) is 16.6 Å². The molecule has 1 fully saturated rings. The van der Waals surface area contributed by atoms with Crippen molar-refractivity contribution in [2.45, 2.75) is 19.1 Å². The summed E-state index contributed by atoms with van der Waals surface area (Å²) >= 11 is 0. The van der Waals surface area contributed by atoms with Gasteiger partial charge in [-0.05, 0) is 19.1 Å². The molecule has 1 aromatic carbocycles. The first-order chi connectivity index (χ1) is 11.1. The van der Waals surface area contributed by atoms with Gasteiger partial charge in [-0.2, -0.15) is 0 Å². The molecule has 1 aliphatic heterocycles. The molecule has 1 amide bonds. The number of aliphatic hydroxyl groups excluding tert-OH is 2. The van der Waals surface area contributed by atoms with Crippen molar-refractivity contribution in [3.8, 4) is 0 Å². The van der Waals surface area contributed by atoms with Gasteiger partial charge in [0, 0.05) is 23.5 Å². The van der Waals surface area contributed by atoms with Gasteiger partial charge >= 0.3 is 0 Å². The lowest BCUT2D eigenvalue weighted by atomic mass is 9.96. The summed E-state index contributed by atoms with van der Waals surface area (Å²) in [4.78, 5) is 16.9. The summed E-state index contributed by atoms with van der Waals surface area (Å²) in [6.45, 7) is 2.53. The van der Waals surface area contributed by atoms with Gasteiger partial charge in [0.2, 0.25) is 0 Å². The molecule has 3 N–H and O–H groups in total. The maximum absolute atomic E-state index is 12.5. The molecule has 0 radical (unpaired) electrons. The van der Waals surface area contributed by atoms with Crippen LogP contribution in [0.3, 0.4) is 0 Å². The van der Waals surface area contributed by atoms with Crippen molar-refractivity contribution >= 4 is 16.8 Å². The molecule has 0 saturated carbocycles. The fraction of sp³-hybridized carbons (Fsp3) is 0.412. The van der Waals surface area contributed by atoms with Crippen molar-refractivity contribution in [3.63, 3.8) is 0 Å². The zero-order valence-corrected chi connectivity index (χ0v) is 12.9. The Balaban J connectivity index is 1.76. The third-order valence-corrected chi connectivity index (χ3v) is 4.11. The fourth-order valence-corrected chi connectivity index (χ4v) is 2.85. The van der Waals surface area contributed by atoms with Crippen LogP contribution >= 0.6 is 0 Å². The van der Waals surface area contributed by atoms with Gasteiger partial charge in [0.1, 0.15) is 6.10 Å². The normalized spacial score (nSPS) is 24.6. The topological polar surface area (TPSA) is 91.7 Å². The second kappa shape index (κ2) is 6.62. The fourth-order valence-electron chi connectivity index (χ4n) is 2.85. The van der Waals surface area contributed by atoms with Gasteiger partial charge in [0.05, 0.1) is 30.4 Å². The summed E-state index contributed by atoms with van der Waals surface area (Å²) < 4.78 is 5.22. The quantitative estimate of drug-likeness (QED) is 0.773. The molecule has 3 rings (SSSR count). The van der Waals surface area contributed by atoms with Crippen LogP contribution in [0.4, 0.5) is 0 Å². The highest BCUT2D eigenvalue weighted by Gasteiger charge is 2.31. The van der Waals surface area contributed by atoms with Crippen molar-refractivity contribution in [1.82, 2.24) is 10.3 Å². The molecule has 6 heteroatoms. The van der Waals surface area contributed by atoms with Crippen LogP contribution in [-0.2, 0) is 4.74 Å². The summed E-state index contributed by atoms with van der Waals surface area (Å²) in [6.07, 6.45) is -1.80. The first-order valence-corrected chi connectivity index (χ1v) is 7.64. The standard InChI is InChI=1S/C17H20N2O4/c1-10-6-13(12-4-2-3-5-14(12)19-10)17(22)18-7-11-8-23-9-15(20)16(11)21/h2-6,11,15-16,20-21H,7-9H2,1H3,(H,18,22)/t11-,15-,16+/m1/s1. The third kappa shape index (κ3) is 3.34. The van der Waals surface area contributed by atoms with Crippen LogP contribution in [0.15, 0.2) is 30.3 Å². The van der Waals surface area contributed by atoms with Gasteiger partial charge in [-0.1, -0.05) is 18.2 Å². The molecule has 2 aromatic rings. The number of pyridine rings is 1. The van der Waals surface area contributed by atoms with Gasteiger partial charge in [-0.15, -0.1) is 0 Å². The number of ether oxygens (including phenoxy) is 1. The van der Waals surface area contributed by atoms with E-state index in [-0.39, 0.29) is 25.0 Å². The van der Waals surface area contributed by atoms with E-state index in [1.165, 1.54) is 0 Å². The van der Waals surface area contributed by atoms with Crippen molar-refractivity contribution < 1.29 is 19.7 Å². The monoisotopic (exact) mass is 316 g/mol. The van der Waals surface area contributed by atoms with E-state index in [9.17, 15) is 15.0 Å². The maximum atomic E-state index is 12.5. The lowest BCUT2D eigenvalue weighted by Crippen LogP contribution is -2.48. The Hall–Kier alpha value is -2.02. The first-order valence-electron chi connectivity index (χ1n) is 7.64. The molecule has 0 spiro atoms. The molecule has 1 aliphatic rings. The average molecular weight is 316 g/mol. The minimum Gasteiger partial charge on any atom is -0.390 e. The number of rotatable bonds is 3. The number of nitrogens with zero attached hydrogens (tertiary/aromatic N) is 1. The second-order valence-electron chi connectivity index (χ2n) is 5.89. The Morgan fingerprint density at radius 1 is 1.35 bits per heavy atom. The highest BCUT2D eigenvalue weighted by atomic mass is 16.5. The van der Waals surface area contributed by atoms with Gasteiger partial charge in [-0.25, -0.2) is 0 Å². The van der Waals surface area contributed by atoms with E-state index in [0.29, 0.717) is 12.2 Å². The Morgan fingerprint density at radius 2 is 2.13 bits per heavy atom. The molecule has 0 unspecified atom stereocenters. The second-order valence-corrected chi connectivity index (χ2v) is 5.89. The summed E-state index contributed by atoms with van der Waals surface area (Å²) in [6, 6.07) is 9.23.